The fourth-order valence-corrected chi connectivity index (χ4v) is 0.315. The molecule has 40 valence electrons. The van der Waals surface area contributed by atoms with Gasteiger partial charge in [0.2, 0.25) is 0 Å². The molecule has 0 aromatic rings. The highest BCUT2D eigenvalue weighted by Gasteiger charge is 1.78. The summed E-state index contributed by atoms with van der Waals surface area (Å²) in [5.41, 5.74) is 0. The number of rotatable bonds is 2. The van der Waals surface area contributed by atoms with Crippen LogP contribution in [0.5, 0.6) is 0 Å². The minimum atomic E-state index is 0.145. The molecule has 0 aliphatic heterocycles. The Kier molecular flexibility index (Phi) is 4.15. The molecular formula is C4H4Cl2O. The van der Waals surface area contributed by atoms with Crippen molar-refractivity contribution in [1.29, 1.82) is 0 Å². The molecule has 0 saturated heterocycles. The van der Waals surface area contributed by atoms with Crippen molar-refractivity contribution in [3.8, 4) is 0 Å². The van der Waals surface area contributed by atoms with Gasteiger partial charge in [-0.15, -0.1) is 0 Å². The number of carbonyl (C=O) groups is 1. The summed E-state index contributed by atoms with van der Waals surface area (Å²) in [6.07, 6.45) is 2.45. The summed E-state index contributed by atoms with van der Waals surface area (Å²) in [5, 5.41) is 0. The van der Waals surface area contributed by atoms with Crippen LogP contribution in [0, 0.1) is 0 Å². The van der Waals surface area contributed by atoms with Gasteiger partial charge < -0.3 is 4.79 Å². The van der Waals surface area contributed by atoms with E-state index in [2.05, 4.69) is 0 Å². The second-order valence-corrected chi connectivity index (χ2v) is 1.90. The zero-order valence-corrected chi connectivity index (χ0v) is 5.04. The molecule has 0 unspecified atom stereocenters. The van der Waals surface area contributed by atoms with Crippen molar-refractivity contribution in [2.45, 2.75) is 6.42 Å². The van der Waals surface area contributed by atoms with E-state index in [0.29, 0.717) is 6.42 Å². The molecule has 0 bridgehead atoms. The molecule has 0 amide bonds. The van der Waals surface area contributed by atoms with E-state index >= 15 is 0 Å². The van der Waals surface area contributed by atoms with Crippen molar-refractivity contribution in [3.63, 3.8) is 0 Å². The predicted molar refractivity (Wildman–Crippen MR) is 30.5 cm³/mol. The van der Waals surface area contributed by atoms with Gasteiger partial charge in [0.05, 0.1) is 0 Å². The van der Waals surface area contributed by atoms with E-state index in [1.165, 1.54) is 6.08 Å². The highest BCUT2D eigenvalue weighted by Crippen LogP contribution is 2.05. The van der Waals surface area contributed by atoms with Gasteiger partial charge in [0, 0.05) is 6.42 Å². The number of aldehydes is 1. The normalized spacial score (nSPS) is 7.71. The van der Waals surface area contributed by atoms with Crippen LogP contribution < -0.4 is 0 Å². The van der Waals surface area contributed by atoms with Crippen LogP contribution in [0.3, 0.4) is 0 Å². The molecule has 1 nitrogen and oxygen atoms in total. The van der Waals surface area contributed by atoms with Crippen molar-refractivity contribution >= 4 is 29.5 Å². The molecule has 0 N–H and O–H groups in total. The minimum Gasteiger partial charge on any atom is -0.303 e. The summed E-state index contributed by atoms with van der Waals surface area (Å²) in [6.45, 7) is 0. The van der Waals surface area contributed by atoms with Gasteiger partial charge in [0.25, 0.3) is 0 Å². The van der Waals surface area contributed by atoms with Crippen LogP contribution in [0.1, 0.15) is 6.42 Å². The molecule has 3 heteroatoms. The monoisotopic (exact) mass is 138 g/mol. The van der Waals surface area contributed by atoms with Crippen LogP contribution in [-0.4, -0.2) is 6.29 Å². The van der Waals surface area contributed by atoms with Crippen molar-refractivity contribution in [2.24, 2.45) is 0 Å². The van der Waals surface area contributed by atoms with Gasteiger partial charge in [-0.3, -0.25) is 0 Å². The van der Waals surface area contributed by atoms with Crippen LogP contribution in [0.15, 0.2) is 10.6 Å². The summed E-state index contributed by atoms with van der Waals surface area (Å²) >= 11 is 10.2. The van der Waals surface area contributed by atoms with E-state index in [1.807, 2.05) is 0 Å². The topological polar surface area (TPSA) is 17.1 Å². The van der Waals surface area contributed by atoms with Crippen LogP contribution >= 0.6 is 23.2 Å². The summed E-state index contributed by atoms with van der Waals surface area (Å²) in [7, 11) is 0. The summed E-state index contributed by atoms with van der Waals surface area (Å²) in [4.78, 5) is 9.55. The van der Waals surface area contributed by atoms with E-state index in [-0.39, 0.29) is 4.49 Å². The van der Waals surface area contributed by atoms with E-state index in [1.54, 1.807) is 0 Å². The highest BCUT2D eigenvalue weighted by atomic mass is 35.5. The molecule has 0 aromatic heterocycles. The number of hydrogen-bond acceptors (Lipinski definition) is 1. The number of halogens is 2. The molecule has 0 heterocycles. The molecule has 0 radical (unpaired) electrons. The smallest absolute Gasteiger partial charge is 0.123 e. The lowest BCUT2D eigenvalue weighted by Crippen LogP contribution is -1.63. The maximum absolute atomic E-state index is 9.55. The molecule has 0 aliphatic carbocycles. The first-order valence-corrected chi connectivity index (χ1v) is 2.47. The Balaban J connectivity index is 3.25. The zero-order chi connectivity index (χ0) is 5.70. The first-order chi connectivity index (χ1) is 3.27. The third-order valence-corrected chi connectivity index (χ3v) is 0.677. The van der Waals surface area contributed by atoms with Gasteiger partial charge in [-0.05, 0) is 6.08 Å². The van der Waals surface area contributed by atoms with Crippen LogP contribution in [0.25, 0.3) is 0 Å². The number of allylic oxidation sites excluding steroid dienone is 1. The molecule has 0 spiro atoms. The number of hydrogen-bond donors (Lipinski definition) is 0. The average Bonchev–Trinajstić information content (AvgIpc) is 1.61. The van der Waals surface area contributed by atoms with Crippen molar-refractivity contribution < 1.29 is 4.79 Å². The lowest BCUT2D eigenvalue weighted by Gasteiger charge is -1.74. The summed E-state index contributed by atoms with van der Waals surface area (Å²) in [5.74, 6) is 0. The predicted octanol–water partition coefficient (Wildman–Crippen LogP) is 1.89. The summed E-state index contributed by atoms with van der Waals surface area (Å²) < 4.78 is 0.145. The van der Waals surface area contributed by atoms with Gasteiger partial charge in [-0.2, -0.15) is 0 Å². The van der Waals surface area contributed by atoms with Crippen molar-refractivity contribution in [1.82, 2.24) is 0 Å². The van der Waals surface area contributed by atoms with Gasteiger partial charge >= 0.3 is 0 Å². The Bertz CT molecular complexity index is 83.7. The Morgan fingerprint density at radius 1 is 1.57 bits per heavy atom. The molecule has 0 atom stereocenters. The maximum atomic E-state index is 9.55. The molecule has 0 aromatic carbocycles. The molecule has 0 rings (SSSR count). The van der Waals surface area contributed by atoms with E-state index in [9.17, 15) is 4.79 Å². The minimum absolute atomic E-state index is 0.145. The average molecular weight is 139 g/mol. The van der Waals surface area contributed by atoms with Crippen molar-refractivity contribution in [3.05, 3.63) is 10.6 Å². The molecule has 0 aliphatic rings. The first kappa shape index (κ1) is 6.99. The van der Waals surface area contributed by atoms with Crippen LogP contribution in [0.4, 0.5) is 0 Å². The Labute approximate surface area is 51.9 Å². The van der Waals surface area contributed by atoms with Gasteiger partial charge in [-0.1, -0.05) is 23.2 Å². The fourth-order valence-electron chi connectivity index (χ4n) is 0.137. The van der Waals surface area contributed by atoms with Crippen molar-refractivity contribution in [2.75, 3.05) is 0 Å². The second-order valence-electron chi connectivity index (χ2n) is 0.896. The molecule has 0 fully saturated rings. The van der Waals surface area contributed by atoms with E-state index < -0.39 is 0 Å². The van der Waals surface area contributed by atoms with Crippen LogP contribution in [-0.2, 0) is 4.79 Å². The molecular weight excluding hydrogens is 135 g/mol. The SMILES string of the molecule is O=CCC=C(Cl)Cl. The summed E-state index contributed by atoms with van der Waals surface area (Å²) in [6, 6.07) is 0. The van der Waals surface area contributed by atoms with Gasteiger partial charge in [0.15, 0.2) is 0 Å². The highest BCUT2D eigenvalue weighted by molar-refractivity contribution is 6.55. The van der Waals surface area contributed by atoms with Crippen LogP contribution in [0.2, 0.25) is 0 Å². The second kappa shape index (κ2) is 4.16. The lowest BCUT2D eigenvalue weighted by atomic mass is 10.5. The van der Waals surface area contributed by atoms with Gasteiger partial charge in [0.1, 0.15) is 10.8 Å². The standard InChI is InChI=1S/C4H4Cl2O/c5-4(6)2-1-3-7/h2-3H,1H2. The van der Waals surface area contributed by atoms with E-state index in [0.717, 1.165) is 6.29 Å². The molecule has 0 saturated carbocycles. The Morgan fingerprint density at radius 2 is 2.14 bits per heavy atom. The largest absolute Gasteiger partial charge is 0.303 e. The van der Waals surface area contributed by atoms with E-state index in [4.69, 9.17) is 23.2 Å². The number of carbonyl (C=O) groups excluding carboxylic acids is 1. The lowest BCUT2D eigenvalue weighted by molar-refractivity contribution is -0.107. The zero-order valence-electron chi connectivity index (χ0n) is 3.53. The third-order valence-electron chi connectivity index (χ3n) is 0.368. The fraction of sp³-hybridized carbons (Fsp3) is 0.250. The molecule has 7 heavy (non-hydrogen) atoms. The first-order valence-electron chi connectivity index (χ1n) is 1.72. The quantitative estimate of drug-likeness (QED) is 0.534. The Morgan fingerprint density at radius 3 is 2.29 bits per heavy atom. The van der Waals surface area contributed by atoms with Gasteiger partial charge in [-0.25, -0.2) is 0 Å². The maximum Gasteiger partial charge on any atom is 0.123 e. The third kappa shape index (κ3) is 5.99. The Hall–Kier alpha value is -0.0100.